The van der Waals surface area contributed by atoms with Crippen LogP contribution in [0.2, 0.25) is 0 Å². The number of nitrogens with one attached hydrogen (secondary N) is 1. The first-order chi connectivity index (χ1) is 7.27. The van der Waals surface area contributed by atoms with Gasteiger partial charge >= 0.3 is 0 Å². The molecule has 1 heterocycles. The molecule has 4 heteroatoms. The second kappa shape index (κ2) is 7.04. The summed E-state index contributed by atoms with van der Waals surface area (Å²) in [6, 6.07) is 2.10. The van der Waals surface area contributed by atoms with Gasteiger partial charge in [0, 0.05) is 11.4 Å². The number of hydrogen-bond acceptors (Lipinski definition) is 3. The SMILES string of the molecule is C/C=C/CCNCc1cc(Br)c(OC)s1. The Morgan fingerprint density at radius 1 is 1.60 bits per heavy atom. The molecule has 0 saturated heterocycles. The lowest BCUT2D eigenvalue weighted by atomic mass is 10.3. The molecular formula is C11H16BrNOS. The Morgan fingerprint density at radius 3 is 3.00 bits per heavy atom. The van der Waals surface area contributed by atoms with Crippen LogP contribution < -0.4 is 10.1 Å². The molecule has 0 unspecified atom stereocenters. The van der Waals surface area contributed by atoms with Crippen molar-refractivity contribution in [3.8, 4) is 5.06 Å². The molecule has 0 atom stereocenters. The molecule has 0 aromatic carbocycles. The Balaban J connectivity index is 2.31. The van der Waals surface area contributed by atoms with E-state index >= 15 is 0 Å². The van der Waals surface area contributed by atoms with Crippen LogP contribution in [0.4, 0.5) is 0 Å². The standard InChI is InChI=1S/C11H16BrNOS/c1-3-4-5-6-13-8-9-7-10(12)11(14-2)15-9/h3-4,7,13H,5-6,8H2,1-2H3/b4-3+. The van der Waals surface area contributed by atoms with Crippen LogP contribution in [0, 0.1) is 0 Å². The van der Waals surface area contributed by atoms with Crippen LogP contribution in [-0.2, 0) is 6.54 Å². The molecule has 0 spiro atoms. The van der Waals surface area contributed by atoms with Crippen molar-refractivity contribution >= 4 is 27.3 Å². The van der Waals surface area contributed by atoms with Crippen LogP contribution in [0.15, 0.2) is 22.7 Å². The summed E-state index contributed by atoms with van der Waals surface area (Å²) in [6.45, 7) is 3.97. The molecule has 1 aromatic rings. The molecule has 1 aromatic heterocycles. The summed E-state index contributed by atoms with van der Waals surface area (Å²) in [5, 5.41) is 4.33. The predicted molar refractivity (Wildman–Crippen MR) is 69.7 cm³/mol. The van der Waals surface area contributed by atoms with Crippen LogP contribution in [0.1, 0.15) is 18.2 Å². The fraction of sp³-hybridized carbons (Fsp3) is 0.455. The van der Waals surface area contributed by atoms with Crippen molar-refractivity contribution in [1.29, 1.82) is 0 Å². The monoisotopic (exact) mass is 289 g/mol. The van der Waals surface area contributed by atoms with Crippen LogP contribution >= 0.6 is 27.3 Å². The molecule has 0 saturated carbocycles. The predicted octanol–water partition coefficient (Wildman–Crippen LogP) is 3.58. The van der Waals surface area contributed by atoms with Gasteiger partial charge in [0.2, 0.25) is 0 Å². The molecule has 0 radical (unpaired) electrons. The molecule has 84 valence electrons. The highest BCUT2D eigenvalue weighted by atomic mass is 79.9. The minimum absolute atomic E-state index is 0.907. The molecule has 1 N–H and O–H groups in total. The largest absolute Gasteiger partial charge is 0.486 e. The Kier molecular flexibility index (Phi) is 5.98. The maximum absolute atomic E-state index is 5.20. The Bertz CT molecular complexity index is 322. The highest BCUT2D eigenvalue weighted by Gasteiger charge is 2.05. The van der Waals surface area contributed by atoms with Crippen molar-refractivity contribution in [2.24, 2.45) is 0 Å². The smallest absolute Gasteiger partial charge is 0.188 e. The molecule has 0 aliphatic carbocycles. The van der Waals surface area contributed by atoms with Gasteiger partial charge in [0.05, 0.1) is 11.6 Å². The molecule has 15 heavy (non-hydrogen) atoms. The van der Waals surface area contributed by atoms with Gasteiger partial charge in [-0.2, -0.15) is 0 Å². The van der Waals surface area contributed by atoms with Crippen LogP contribution in [0.5, 0.6) is 5.06 Å². The third-order valence-corrected chi connectivity index (χ3v) is 3.86. The normalized spacial score (nSPS) is 11.1. The van der Waals surface area contributed by atoms with Crippen LogP contribution in [0.25, 0.3) is 0 Å². The molecule has 0 amide bonds. The maximum atomic E-state index is 5.20. The fourth-order valence-corrected chi connectivity index (χ4v) is 2.85. The van der Waals surface area contributed by atoms with E-state index in [1.54, 1.807) is 18.4 Å². The molecule has 0 bridgehead atoms. The van der Waals surface area contributed by atoms with Gasteiger partial charge in [-0.25, -0.2) is 0 Å². The van der Waals surface area contributed by atoms with Gasteiger partial charge in [-0.05, 0) is 41.9 Å². The summed E-state index contributed by atoms with van der Waals surface area (Å²) in [5.41, 5.74) is 0. The van der Waals surface area contributed by atoms with Crippen LogP contribution in [0.3, 0.4) is 0 Å². The van der Waals surface area contributed by atoms with E-state index in [2.05, 4.69) is 39.5 Å². The number of allylic oxidation sites excluding steroid dienone is 1. The van der Waals surface area contributed by atoms with Gasteiger partial charge in [0.25, 0.3) is 0 Å². The van der Waals surface area contributed by atoms with E-state index in [4.69, 9.17) is 4.74 Å². The highest BCUT2D eigenvalue weighted by molar-refractivity contribution is 9.10. The second-order valence-corrected chi connectivity index (χ2v) is 5.04. The zero-order valence-electron chi connectivity index (χ0n) is 9.05. The van der Waals surface area contributed by atoms with Crippen molar-refractivity contribution in [3.05, 3.63) is 27.6 Å². The minimum Gasteiger partial charge on any atom is -0.486 e. The van der Waals surface area contributed by atoms with Crippen molar-refractivity contribution in [3.63, 3.8) is 0 Å². The van der Waals surface area contributed by atoms with E-state index in [0.29, 0.717) is 0 Å². The quantitative estimate of drug-likeness (QED) is 0.639. The van der Waals surface area contributed by atoms with E-state index in [-0.39, 0.29) is 0 Å². The number of ether oxygens (including phenoxy) is 1. The van der Waals surface area contributed by atoms with Crippen LogP contribution in [-0.4, -0.2) is 13.7 Å². The van der Waals surface area contributed by atoms with E-state index in [1.165, 1.54) is 4.88 Å². The van der Waals surface area contributed by atoms with Crippen molar-refractivity contribution in [2.45, 2.75) is 19.9 Å². The molecule has 0 fully saturated rings. The number of hydrogen-bond donors (Lipinski definition) is 1. The summed E-state index contributed by atoms with van der Waals surface area (Å²) in [6.07, 6.45) is 5.32. The minimum atomic E-state index is 0.907. The topological polar surface area (TPSA) is 21.3 Å². The zero-order valence-corrected chi connectivity index (χ0v) is 11.5. The fourth-order valence-electron chi connectivity index (χ4n) is 1.19. The average molecular weight is 290 g/mol. The number of methoxy groups -OCH3 is 1. The Labute approximate surface area is 103 Å². The van der Waals surface area contributed by atoms with Gasteiger partial charge in [-0.15, -0.1) is 11.3 Å². The summed E-state index contributed by atoms with van der Waals surface area (Å²) < 4.78 is 6.25. The van der Waals surface area contributed by atoms with Crippen molar-refractivity contribution in [2.75, 3.05) is 13.7 Å². The van der Waals surface area contributed by atoms with E-state index < -0.39 is 0 Å². The first-order valence-electron chi connectivity index (χ1n) is 4.92. The number of rotatable bonds is 6. The van der Waals surface area contributed by atoms with Gasteiger partial charge in [0.15, 0.2) is 5.06 Å². The summed E-state index contributed by atoms with van der Waals surface area (Å²) in [4.78, 5) is 1.29. The van der Waals surface area contributed by atoms with E-state index in [0.717, 1.165) is 29.0 Å². The van der Waals surface area contributed by atoms with Gasteiger partial charge in [-0.3, -0.25) is 0 Å². The average Bonchev–Trinajstić information content (AvgIpc) is 2.59. The zero-order chi connectivity index (χ0) is 11.1. The third kappa shape index (κ3) is 4.36. The van der Waals surface area contributed by atoms with Gasteiger partial charge in [0.1, 0.15) is 0 Å². The molecular weight excluding hydrogens is 274 g/mol. The van der Waals surface area contributed by atoms with Crippen molar-refractivity contribution < 1.29 is 4.74 Å². The summed E-state index contributed by atoms with van der Waals surface area (Å²) >= 11 is 5.13. The molecule has 0 aliphatic heterocycles. The first-order valence-corrected chi connectivity index (χ1v) is 6.53. The van der Waals surface area contributed by atoms with Gasteiger partial charge < -0.3 is 10.1 Å². The Morgan fingerprint density at radius 2 is 2.40 bits per heavy atom. The lowest BCUT2D eigenvalue weighted by Gasteiger charge is -1.99. The molecule has 2 nitrogen and oxygen atoms in total. The van der Waals surface area contributed by atoms with E-state index in [9.17, 15) is 0 Å². The van der Waals surface area contributed by atoms with Crippen molar-refractivity contribution in [1.82, 2.24) is 5.32 Å². The Hall–Kier alpha value is -0.320. The number of halogens is 1. The first kappa shape index (κ1) is 12.7. The second-order valence-electron chi connectivity index (χ2n) is 3.09. The molecule has 0 aliphatic rings. The summed E-state index contributed by atoms with van der Waals surface area (Å²) in [5.74, 6) is 0. The van der Waals surface area contributed by atoms with E-state index in [1.807, 2.05) is 6.92 Å². The highest BCUT2D eigenvalue weighted by Crippen LogP contribution is 2.34. The lowest BCUT2D eigenvalue weighted by molar-refractivity contribution is 0.425. The molecule has 1 rings (SSSR count). The maximum Gasteiger partial charge on any atom is 0.188 e. The van der Waals surface area contributed by atoms with Gasteiger partial charge in [-0.1, -0.05) is 12.2 Å². The summed E-state index contributed by atoms with van der Waals surface area (Å²) in [7, 11) is 1.69. The third-order valence-electron chi connectivity index (χ3n) is 1.91. The number of thiophene rings is 1. The lowest BCUT2D eigenvalue weighted by Crippen LogP contribution is -2.12.